The lowest BCUT2D eigenvalue weighted by Crippen LogP contribution is -2.48. The predicted octanol–water partition coefficient (Wildman–Crippen LogP) is 3.35. The van der Waals surface area contributed by atoms with Crippen LogP contribution in [0.25, 0.3) is 0 Å². The number of amides is 1. The molecule has 2 fully saturated rings. The minimum absolute atomic E-state index is 0.113. The summed E-state index contributed by atoms with van der Waals surface area (Å²) in [5.41, 5.74) is 2.31. The zero-order chi connectivity index (χ0) is 22.8. The van der Waals surface area contributed by atoms with Crippen LogP contribution in [0.5, 0.6) is 5.75 Å². The molecule has 2 saturated heterocycles. The number of methoxy groups -OCH3 is 1. The van der Waals surface area contributed by atoms with E-state index in [1.807, 2.05) is 30.3 Å². The molecule has 0 unspecified atom stereocenters. The van der Waals surface area contributed by atoms with Gasteiger partial charge in [-0.3, -0.25) is 9.69 Å². The lowest BCUT2D eigenvalue weighted by molar-refractivity contribution is -0.186. The minimum atomic E-state index is -0.480. The molecule has 3 aliphatic rings. The predicted molar refractivity (Wildman–Crippen MR) is 120 cm³/mol. The second-order valence-electron chi connectivity index (χ2n) is 8.64. The van der Waals surface area contributed by atoms with Crippen molar-refractivity contribution >= 4 is 11.6 Å². The smallest absolute Gasteiger partial charge is 0.257 e. The second-order valence-corrected chi connectivity index (χ2v) is 8.64. The van der Waals surface area contributed by atoms with Gasteiger partial charge in [0, 0.05) is 37.9 Å². The molecule has 33 heavy (non-hydrogen) atoms. The van der Waals surface area contributed by atoms with E-state index in [9.17, 15) is 9.18 Å². The van der Waals surface area contributed by atoms with Gasteiger partial charge >= 0.3 is 0 Å². The van der Waals surface area contributed by atoms with E-state index in [4.69, 9.17) is 19.3 Å². The summed E-state index contributed by atoms with van der Waals surface area (Å²) in [6.45, 7) is 2.93. The number of likely N-dealkylation sites (tertiary alicyclic amines) is 1. The standard InChI is InChI=1S/C25H28FN3O4/c1-31-23-8-3-2-7-20(23)21-16-22(18-5-4-6-19(26)15-18)29(27-21)24(30)17-28-11-9-25(10-12-28)32-13-14-33-25/h2-8,15,22H,9-14,16-17H2,1H3/t22-/m1/s1. The van der Waals surface area contributed by atoms with Crippen LogP contribution in [0.1, 0.15) is 36.4 Å². The van der Waals surface area contributed by atoms with E-state index in [-0.39, 0.29) is 24.3 Å². The molecule has 8 heteroatoms. The first kappa shape index (κ1) is 22.0. The zero-order valence-corrected chi connectivity index (χ0v) is 18.7. The second kappa shape index (κ2) is 9.21. The number of nitrogens with zero attached hydrogens (tertiary/aromatic N) is 3. The van der Waals surface area contributed by atoms with Crippen molar-refractivity contribution in [2.24, 2.45) is 5.10 Å². The van der Waals surface area contributed by atoms with Gasteiger partial charge < -0.3 is 14.2 Å². The van der Waals surface area contributed by atoms with Crippen molar-refractivity contribution in [3.05, 3.63) is 65.5 Å². The number of carbonyl (C=O) groups is 1. The van der Waals surface area contributed by atoms with Crippen molar-refractivity contribution in [3.8, 4) is 5.75 Å². The van der Waals surface area contributed by atoms with Crippen molar-refractivity contribution in [2.75, 3.05) is 40.0 Å². The highest BCUT2D eigenvalue weighted by atomic mass is 19.1. The quantitative estimate of drug-likeness (QED) is 0.695. The third-order valence-corrected chi connectivity index (χ3v) is 6.61. The van der Waals surface area contributed by atoms with Gasteiger partial charge in [0.15, 0.2) is 5.79 Å². The van der Waals surface area contributed by atoms with Gasteiger partial charge in [-0.2, -0.15) is 5.10 Å². The van der Waals surface area contributed by atoms with Crippen LogP contribution >= 0.6 is 0 Å². The molecule has 0 N–H and O–H groups in total. The van der Waals surface area contributed by atoms with Gasteiger partial charge in [-0.15, -0.1) is 0 Å². The molecular formula is C25H28FN3O4. The van der Waals surface area contributed by atoms with E-state index in [1.54, 1.807) is 13.2 Å². The first-order chi connectivity index (χ1) is 16.1. The molecule has 1 spiro atoms. The average molecular weight is 454 g/mol. The van der Waals surface area contributed by atoms with Crippen LogP contribution in [0.15, 0.2) is 53.6 Å². The summed E-state index contributed by atoms with van der Waals surface area (Å²) in [6, 6.07) is 13.6. The van der Waals surface area contributed by atoms with Crippen molar-refractivity contribution in [1.29, 1.82) is 0 Å². The normalized spacial score (nSPS) is 22.5. The minimum Gasteiger partial charge on any atom is -0.496 e. The molecule has 3 aliphatic heterocycles. The topological polar surface area (TPSA) is 63.6 Å². The maximum absolute atomic E-state index is 14.0. The van der Waals surface area contributed by atoms with Gasteiger partial charge in [0.2, 0.25) is 0 Å². The highest BCUT2D eigenvalue weighted by Gasteiger charge is 2.41. The molecule has 0 aliphatic carbocycles. The third-order valence-electron chi connectivity index (χ3n) is 6.61. The van der Waals surface area contributed by atoms with Gasteiger partial charge in [0.25, 0.3) is 5.91 Å². The molecule has 1 atom stereocenters. The summed E-state index contributed by atoms with van der Waals surface area (Å²) in [4.78, 5) is 15.5. The van der Waals surface area contributed by atoms with E-state index < -0.39 is 5.79 Å². The number of halogens is 1. The lowest BCUT2D eigenvalue weighted by Gasteiger charge is -2.37. The average Bonchev–Trinajstić information content (AvgIpc) is 3.48. The van der Waals surface area contributed by atoms with Gasteiger partial charge in [-0.25, -0.2) is 9.40 Å². The van der Waals surface area contributed by atoms with E-state index in [2.05, 4.69) is 4.90 Å². The van der Waals surface area contributed by atoms with Crippen molar-refractivity contribution in [2.45, 2.75) is 31.1 Å². The Morgan fingerprint density at radius 2 is 1.91 bits per heavy atom. The van der Waals surface area contributed by atoms with Crippen LogP contribution in [0.4, 0.5) is 4.39 Å². The van der Waals surface area contributed by atoms with Gasteiger partial charge in [0.1, 0.15) is 11.6 Å². The molecule has 3 heterocycles. The zero-order valence-electron chi connectivity index (χ0n) is 18.7. The third kappa shape index (κ3) is 4.51. The van der Waals surface area contributed by atoms with Crippen LogP contribution in [0.3, 0.4) is 0 Å². The maximum Gasteiger partial charge on any atom is 0.257 e. The fourth-order valence-electron chi connectivity index (χ4n) is 4.86. The molecule has 5 rings (SSSR count). The lowest BCUT2D eigenvalue weighted by atomic mass is 9.97. The summed E-state index contributed by atoms with van der Waals surface area (Å²) in [7, 11) is 1.61. The number of hydrazone groups is 1. The summed E-state index contributed by atoms with van der Waals surface area (Å²) in [6.07, 6.45) is 1.97. The van der Waals surface area contributed by atoms with Gasteiger partial charge in [0.05, 0.1) is 38.6 Å². The van der Waals surface area contributed by atoms with Crippen molar-refractivity contribution in [3.63, 3.8) is 0 Å². The number of rotatable bonds is 5. The highest BCUT2D eigenvalue weighted by Crippen LogP contribution is 2.36. The molecule has 1 amide bonds. The van der Waals surface area contributed by atoms with Gasteiger partial charge in [-0.1, -0.05) is 24.3 Å². The number of benzene rings is 2. The number of hydrogen-bond acceptors (Lipinski definition) is 6. The van der Waals surface area contributed by atoms with E-state index >= 15 is 0 Å². The monoisotopic (exact) mass is 453 g/mol. The largest absolute Gasteiger partial charge is 0.496 e. The number of carbonyl (C=O) groups excluding carboxylic acids is 1. The molecule has 2 aromatic carbocycles. The Bertz CT molecular complexity index is 1040. The molecule has 174 valence electrons. The Labute approximate surface area is 192 Å². The summed E-state index contributed by atoms with van der Waals surface area (Å²) < 4.78 is 31.1. The van der Waals surface area contributed by atoms with Crippen LogP contribution in [-0.4, -0.2) is 67.3 Å². The fraction of sp³-hybridized carbons (Fsp3) is 0.440. The van der Waals surface area contributed by atoms with Gasteiger partial charge in [-0.05, 0) is 29.8 Å². The van der Waals surface area contributed by atoms with E-state index in [1.165, 1.54) is 17.1 Å². The molecule has 0 radical (unpaired) electrons. The van der Waals surface area contributed by atoms with Crippen molar-refractivity contribution in [1.82, 2.24) is 9.91 Å². The Balaban J connectivity index is 1.37. The number of para-hydroxylation sites is 1. The number of ether oxygens (including phenoxy) is 3. The van der Waals surface area contributed by atoms with Crippen LogP contribution in [-0.2, 0) is 14.3 Å². The summed E-state index contributed by atoms with van der Waals surface area (Å²) in [5, 5.41) is 6.23. The van der Waals surface area contributed by atoms with E-state index in [0.717, 1.165) is 29.7 Å². The summed E-state index contributed by atoms with van der Waals surface area (Å²) >= 11 is 0. The Hall–Kier alpha value is -2.81. The number of hydrogen-bond donors (Lipinski definition) is 0. The Morgan fingerprint density at radius 1 is 1.15 bits per heavy atom. The maximum atomic E-state index is 14.0. The first-order valence-electron chi connectivity index (χ1n) is 11.4. The molecular weight excluding hydrogens is 425 g/mol. The molecule has 0 aromatic heterocycles. The molecule has 2 aromatic rings. The van der Waals surface area contributed by atoms with Crippen LogP contribution in [0.2, 0.25) is 0 Å². The molecule has 0 saturated carbocycles. The number of piperidine rings is 1. The Morgan fingerprint density at radius 3 is 2.64 bits per heavy atom. The van der Waals surface area contributed by atoms with Crippen molar-refractivity contribution < 1.29 is 23.4 Å². The van der Waals surface area contributed by atoms with Crippen LogP contribution in [0, 0.1) is 5.82 Å². The summed E-state index contributed by atoms with van der Waals surface area (Å²) in [5.74, 6) is -0.227. The fourth-order valence-corrected chi connectivity index (χ4v) is 4.86. The van der Waals surface area contributed by atoms with Crippen LogP contribution < -0.4 is 4.74 Å². The Kier molecular flexibility index (Phi) is 6.14. The highest BCUT2D eigenvalue weighted by molar-refractivity contribution is 6.05. The molecule has 0 bridgehead atoms. The SMILES string of the molecule is COc1ccccc1C1=NN(C(=O)CN2CCC3(CC2)OCCO3)[C@@H](c2cccc(F)c2)C1. The first-order valence-corrected chi connectivity index (χ1v) is 11.4. The van der Waals surface area contributed by atoms with E-state index in [0.29, 0.717) is 38.5 Å². The molecule has 7 nitrogen and oxygen atoms in total.